The fraction of sp³-hybridized carbons (Fsp3) is 0.478. The van der Waals surface area contributed by atoms with Gasteiger partial charge in [-0.25, -0.2) is 4.98 Å². The molecule has 2 fully saturated rings. The van der Waals surface area contributed by atoms with E-state index in [1.54, 1.807) is 0 Å². The van der Waals surface area contributed by atoms with Crippen molar-refractivity contribution in [2.75, 3.05) is 57.4 Å². The Balaban J connectivity index is 1.28. The Morgan fingerprint density at radius 1 is 1.17 bits per heavy atom. The van der Waals surface area contributed by atoms with Gasteiger partial charge in [0.05, 0.1) is 13.2 Å². The number of carbonyl (C=O) groups excluding carboxylic acids is 1. The second kappa shape index (κ2) is 10.4. The standard InChI is InChI=1S/C23H30N4O3/c28-23(25-20-6-4-10-27(18-20)22-8-1-2-9-24-22)19-5-3-7-21(17-19)30-16-13-26-11-14-29-15-12-26/h1-3,5,7-9,17,20H,4,6,10-16,18H2,(H,25,28). The second-order valence-corrected chi connectivity index (χ2v) is 7.78. The molecule has 1 atom stereocenters. The fourth-order valence-electron chi connectivity index (χ4n) is 3.96. The molecule has 0 aliphatic carbocycles. The maximum atomic E-state index is 12.8. The highest BCUT2D eigenvalue weighted by Gasteiger charge is 2.22. The van der Waals surface area contributed by atoms with Gasteiger partial charge >= 0.3 is 0 Å². The van der Waals surface area contributed by atoms with Gasteiger partial charge in [-0.15, -0.1) is 0 Å². The van der Waals surface area contributed by atoms with E-state index in [2.05, 4.69) is 20.1 Å². The predicted molar refractivity (Wildman–Crippen MR) is 116 cm³/mol. The van der Waals surface area contributed by atoms with Gasteiger partial charge in [0.2, 0.25) is 0 Å². The van der Waals surface area contributed by atoms with E-state index in [-0.39, 0.29) is 11.9 Å². The number of morpholine rings is 1. The number of benzene rings is 1. The molecule has 1 N–H and O–H groups in total. The first kappa shape index (κ1) is 20.6. The summed E-state index contributed by atoms with van der Waals surface area (Å²) in [5.74, 6) is 1.64. The molecule has 2 aliphatic heterocycles. The van der Waals surface area contributed by atoms with Gasteiger partial charge in [0.25, 0.3) is 5.91 Å². The SMILES string of the molecule is O=C(NC1CCCN(c2ccccn2)C1)c1cccc(OCCN2CCOCC2)c1. The topological polar surface area (TPSA) is 66.9 Å². The molecule has 2 saturated heterocycles. The lowest BCUT2D eigenvalue weighted by molar-refractivity contribution is 0.0322. The molecule has 3 heterocycles. The predicted octanol–water partition coefficient (Wildman–Crippen LogP) is 2.19. The smallest absolute Gasteiger partial charge is 0.251 e. The van der Waals surface area contributed by atoms with Crippen LogP contribution in [0.1, 0.15) is 23.2 Å². The van der Waals surface area contributed by atoms with Crippen LogP contribution in [-0.2, 0) is 4.74 Å². The lowest BCUT2D eigenvalue weighted by atomic mass is 10.0. The summed E-state index contributed by atoms with van der Waals surface area (Å²) in [5, 5.41) is 3.18. The van der Waals surface area contributed by atoms with Crippen molar-refractivity contribution in [2.45, 2.75) is 18.9 Å². The Morgan fingerprint density at radius 2 is 2.07 bits per heavy atom. The van der Waals surface area contributed by atoms with E-state index in [9.17, 15) is 4.79 Å². The molecule has 30 heavy (non-hydrogen) atoms. The first-order valence-corrected chi connectivity index (χ1v) is 10.8. The molecule has 1 aromatic heterocycles. The molecule has 0 radical (unpaired) electrons. The van der Waals surface area contributed by atoms with Gasteiger partial charge in [0, 0.05) is 50.5 Å². The van der Waals surface area contributed by atoms with Crippen LogP contribution in [0, 0.1) is 0 Å². The third-order valence-electron chi connectivity index (χ3n) is 5.61. The Kier molecular flexibility index (Phi) is 7.16. The van der Waals surface area contributed by atoms with Crippen molar-refractivity contribution in [1.82, 2.24) is 15.2 Å². The maximum absolute atomic E-state index is 12.8. The molecule has 0 saturated carbocycles. The van der Waals surface area contributed by atoms with Crippen molar-refractivity contribution in [3.63, 3.8) is 0 Å². The number of anilines is 1. The van der Waals surface area contributed by atoms with Crippen molar-refractivity contribution in [1.29, 1.82) is 0 Å². The molecule has 2 aromatic rings. The minimum absolute atomic E-state index is 0.0542. The Hall–Kier alpha value is -2.64. The van der Waals surface area contributed by atoms with Gasteiger partial charge in [-0.2, -0.15) is 0 Å². The van der Waals surface area contributed by atoms with Gasteiger partial charge in [0.1, 0.15) is 18.2 Å². The molecule has 7 nitrogen and oxygen atoms in total. The van der Waals surface area contributed by atoms with Crippen LogP contribution in [0.2, 0.25) is 0 Å². The van der Waals surface area contributed by atoms with Crippen LogP contribution in [-0.4, -0.2) is 74.4 Å². The summed E-state index contributed by atoms with van der Waals surface area (Å²) in [6, 6.07) is 13.5. The molecule has 1 unspecified atom stereocenters. The van der Waals surface area contributed by atoms with Crippen molar-refractivity contribution in [3.8, 4) is 5.75 Å². The normalized spacial score (nSPS) is 20.0. The quantitative estimate of drug-likeness (QED) is 0.755. The highest BCUT2D eigenvalue weighted by Crippen LogP contribution is 2.18. The van der Waals surface area contributed by atoms with E-state index >= 15 is 0 Å². The zero-order valence-electron chi connectivity index (χ0n) is 17.3. The van der Waals surface area contributed by atoms with Crippen LogP contribution in [0.25, 0.3) is 0 Å². The van der Waals surface area contributed by atoms with Crippen molar-refractivity contribution in [3.05, 3.63) is 54.2 Å². The molecule has 0 bridgehead atoms. The largest absolute Gasteiger partial charge is 0.492 e. The van der Waals surface area contributed by atoms with Crippen LogP contribution in [0.5, 0.6) is 5.75 Å². The molecule has 1 aromatic carbocycles. The number of rotatable bonds is 7. The van der Waals surface area contributed by atoms with E-state index in [1.165, 1.54) is 0 Å². The number of amides is 1. The fourth-order valence-corrected chi connectivity index (χ4v) is 3.96. The lowest BCUT2D eigenvalue weighted by Crippen LogP contribution is -2.48. The van der Waals surface area contributed by atoms with Gasteiger partial charge in [-0.1, -0.05) is 12.1 Å². The average Bonchev–Trinajstić information content (AvgIpc) is 2.81. The number of hydrogen-bond acceptors (Lipinski definition) is 6. The van der Waals surface area contributed by atoms with Gasteiger partial charge in [-0.05, 0) is 43.2 Å². The number of aromatic nitrogens is 1. The molecule has 4 rings (SSSR count). The Morgan fingerprint density at radius 3 is 2.90 bits per heavy atom. The molecule has 0 spiro atoms. The van der Waals surface area contributed by atoms with Crippen LogP contribution >= 0.6 is 0 Å². The summed E-state index contributed by atoms with van der Waals surface area (Å²) in [4.78, 5) is 21.8. The van der Waals surface area contributed by atoms with Crippen molar-refractivity contribution >= 4 is 11.7 Å². The summed E-state index contributed by atoms with van der Waals surface area (Å²) in [6.45, 7) is 6.68. The lowest BCUT2D eigenvalue weighted by Gasteiger charge is -2.34. The molecule has 1 amide bonds. The van der Waals surface area contributed by atoms with Gasteiger partial charge in [0.15, 0.2) is 0 Å². The van der Waals surface area contributed by atoms with Gasteiger partial charge in [-0.3, -0.25) is 9.69 Å². The first-order valence-electron chi connectivity index (χ1n) is 10.8. The van der Waals surface area contributed by atoms with Crippen LogP contribution < -0.4 is 15.0 Å². The average molecular weight is 411 g/mol. The molecule has 160 valence electrons. The van der Waals surface area contributed by atoms with Crippen molar-refractivity contribution < 1.29 is 14.3 Å². The molecule has 2 aliphatic rings. The third kappa shape index (κ3) is 5.70. The number of pyridine rings is 1. The number of piperidine rings is 1. The molecule has 7 heteroatoms. The third-order valence-corrected chi connectivity index (χ3v) is 5.61. The van der Waals surface area contributed by atoms with E-state index < -0.39 is 0 Å². The van der Waals surface area contributed by atoms with Crippen LogP contribution in [0.15, 0.2) is 48.7 Å². The minimum Gasteiger partial charge on any atom is -0.492 e. The van der Waals surface area contributed by atoms with E-state index in [4.69, 9.17) is 9.47 Å². The molecular weight excluding hydrogens is 380 g/mol. The number of carbonyl (C=O) groups is 1. The van der Waals surface area contributed by atoms with E-state index in [0.29, 0.717) is 12.2 Å². The van der Waals surface area contributed by atoms with E-state index in [1.807, 2.05) is 48.7 Å². The van der Waals surface area contributed by atoms with E-state index in [0.717, 1.165) is 70.3 Å². The summed E-state index contributed by atoms with van der Waals surface area (Å²) in [6.07, 6.45) is 3.82. The zero-order chi connectivity index (χ0) is 20.6. The van der Waals surface area contributed by atoms with Crippen molar-refractivity contribution in [2.24, 2.45) is 0 Å². The van der Waals surface area contributed by atoms with Crippen LogP contribution in [0.4, 0.5) is 5.82 Å². The highest BCUT2D eigenvalue weighted by molar-refractivity contribution is 5.94. The first-order chi connectivity index (χ1) is 14.8. The monoisotopic (exact) mass is 410 g/mol. The minimum atomic E-state index is -0.0542. The summed E-state index contributed by atoms with van der Waals surface area (Å²) in [7, 11) is 0. The van der Waals surface area contributed by atoms with Crippen LogP contribution in [0.3, 0.4) is 0 Å². The number of nitrogens with one attached hydrogen (secondary N) is 1. The second-order valence-electron chi connectivity index (χ2n) is 7.78. The Bertz CT molecular complexity index is 811. The molecular formula is C23H30N4O3. The Labute approximate surface area is 178 Å². The summed E-state index contributed by atoms with van der Waals surface area (Å²) in [5.41, 5.74) is 0.633. The zero-order valence-corrected chi connectivity index (χ0v) is 17.3. The number of nitrogens with zero attached hydrogens (tertiary/aromatic N) is 3. The summed E-state index contributed by atoms with van der Waals surface area (Å²) >= 11 is 0. The summed E-state index contributed by atoms with van der Waals surface area (Å²) < 4.78 is 11.3. The number of hydrogen-bond donors (Lipinski definition) is 1. The highest BCUT2D eigenvalue weighted by atomic mass is 16.5. The van der Waals surface area contributed by atoms with Gasteiger partial charge < -0.3 is 19.7 Å². The number of ether oxygens (including phenoxy) is 2. The maximum Gasteiger partial charge on any atom is 0.251 e.